The van der Waals surface area contributed by atoms with Crippen LogP contribution in [0.15, 0.2) is 23.3 Å². The molecule has 0 saturated heterocycles. The predicted molar refractivity (Wildman–Crippen MR) is 58.7 cm³/mol. The van der Waals surface area contributed by atoms with Crippen molar-refractivity contribution in [3.05, 3.63) is 24.6 Å². The van der Waals surface area contributed by atoms with E-state index in [1.54, 1.807) is 0 Å². The molecule has 0 unspecified atom stereocenters. The number of rotatable bonds is 6. The van der Waals surface area contributed by atoms with Crippen molar-refractivity contribution in [2.24, 2.45) is 11.7 Å². The smallest absolute Gasteiger partial charge is 0.181 e. The molecular weight excluding hydrogens is 192 g/mol. The first-order valence-corrected chi connectivity index (χ1v) is 5.25. The number of nitrogens with zero attached hydrogens (tertiary/aromatic N) is 1. The lowest BCUT2D eigenvalue weighted by Gasteiger charge is -2.14. The summed E-state index contributed by atoms with van der Waals surface area (Å²) in [6, 6.07) is 0. The molecule has 1 heterocycles. The maximum Gasteiger partial charge on any atom is 0.181 e. The zero-order chi connectivity index (χ0) is 11.1. The predicted octanol–water partition coefficient (Wildman–Crippen LogP) is 2.38. The van der Waals surface area contributed by atoms with Crippen molar-refractivity contribution in [1.82, 2.24) is 4.98 Å². The highest BCUT2D eigenvalue weighted by Gasteiger charge is 2.09. The van der Waals surface area contributed by atoms with Crippen LogP contribution in [0.5, 0.6) is 0 Å². The van der Waals surface area contributed by atoms with Crippen LogP contribution in [0, 0.1) is 5.92 Å². The molecule has 0 atom stereocenters. The van der Waals surface area contributed by atoms with Gasteiger partial charge in [0.1, 0.15) is 12.0 Å². The highest BCUT2D eigenvalue weighted by atomic mass is 16.5. The van der Waals surface area contributed by atoms with Gasteiger partial charge in [-0.25, -0.2) is 4.98 Å². The fourth-order valence-corrected chi connectivity index (χ4v) is 1.27. The number of hydrogen-bond donors (Lipinski definition) is 1. The van der Waals surface area contributed by atoms with Crippen LogP contribution < -0.4 is 5.73 Å². The molecule has 15 heavy (non-hydrogen) atoms. The molecule has 2 N–H and O–H groups in total. The normalized spacial score (nSPS) is 12.1. The molecule has 84 valence electrons. The van der Waals surface area contributed by atoms with Crippen molar-refractivity contribution in [1.29, 1.82) is 0 Å². The van der Waals surface area contributed by atoms with Gasteiger partial charge in [0, 0.05) is 6.20 Å². The fourth-order valence-electron chi connectivity index (χ4n) is 1.27. The van der Waals surface area contributed by atoms with Gasteiger partial charge in [0.2, 0.25) is 0 Å². The number of oxazole rings is 1. The quantitative estimate of drug-likeness (QED) is 0.732. The van der Waals surface area contributed by atoms with Gasteiger partial charge in [-0.3, -0.25) is 0 Å². The number of ether oxygens (including phenoxy) is 1. The Morgan fingerprint density at radius 2 is 2.33 bits per heavy atom. The maximum atomic E-state index is 5.59. The lowest BCUT2D eigenvalue weighted by atomic mass is 10.1. The van der Waals surface area contributed by atoms with Crippen LogP contribution in [-0.2, 0) is 4.74 Å². The van der Waals surface area contributed by atoms with E-state index in [-0.39, 0.29) is 0 Å². The molecule has 0 radical (unpaired) electrons. The molecule has 0 aliphatic carbocycles. The third kappa shape index (κ3) is 3.31. The zero-order valence-corrected chi connectivity index (χ0v) is 9.27. The maximum absolute atomic E-state index is 5.59. The molecule has 0 bridgehead atoms. The summed E-state index contributed by atoms with van der Waals surface area (Å²) in [5.41, 5.74) is 6.11. The third-order valence-electron chi connectivity index (χ3n) is 2.47. The molecule has 0 spiro atoms. The van der Waals surface area contributed by atoms with Gasteiger partial charge < -0.3 is 14.9 Å². The molecule has 0 aromatic carbocycles. The second kappa shape index (κ2) is 6.11. The molecule has 4 nitrogen and oxygen atoms in total. The minimum absolute atomic E-state index is 0.562. The van der Waals surface area contributed by atoms with E-state index in [0.717, 1.165) is 12.8 Å². The minimum Gasteiger partial charge on any atom is -0.489 e. The van der Waals surface area contributed by atoms with E-state index in [9.17, 15) is 0 Å². The third-order valence-corrected chi connectivity index (χ3v) is 2.47. The van der Waals surface area contributed by atoms with Gasteiger partial charge in [-0.1, -0.05) is 26.7 Å². The average molecular weight is 210 g/mol. The molecule has 1 rings (SSSR count). The van der Waals surface area contributed by atoms with Crippen molar-refractivity contribution in [3.63, 3.8) is 0 Å². The van der Waals surface area contributed by atoms with E-state index in [0.29, 0.717) is 24.0 Å². The first kappa shape index (κ1) is 11.6. The van der Waals surface area contributed by atoms with Crippen LogP contribution in [0.4, 0.5) is 0 Å². The van der Waals surface area contributed by atoms with Crippen molar-refractivity contribution >= 4 is 5.76 Å². The first-order chi connectivity index (χ1) is 7.31. The summed E-state index contributed by atoms with van der Waals surface area (Å²) >= 11 is 0. The Hall–Kier alpha value is -1.45. The van der Waals surface area contributed by atoms with E-state index in [2.05, 4.69) is 18.8 Å². The SMILES string of the molecule is CCC(CC)CO/C(=C\N)c1cocn1. The average Bonchev–Trinajstić information content (AvgIpc) is 2.78. The standard InChI is InChI=1S/C11H18N2O2/c1-3-9(4-2)6-15-11(5-12)10-7-14-8-13-10/h5,7-9H,3-4,6,12H2,1-2H3/b11-5-. The van der Waals surface area contributed by atoms with Crippen LogP contribution in [0.25, 0.3) is 5.76 Å². The summed E-state index contributed by atoms with van der Waals surface area (Å²) < 4.78 is 10.5. The largest absolute Gasteiger partial charge is 0.489 e. The second-order valence-electron chi connectivity index (χ2n) is 3.40. The number of aromatic nitrogens is 1. The lowest BCUT2D eigenvalue weighted by Crippen LogP contribution is -2.08. The van der Waals surface area contributed by atoms with Crippen molar-refractivity contribution in [3.8, 4) is 0 Å². The van der Waals surface area contributed by atoms with Gasteiger partial charge >= 0.3 is 0 Å². The first-order valence-electron chi connectivity index (χ1n) is 5.25. The molecule has 1 aromatic rings. The summed E-state index contributed by atoms with van der Waals surface area (Å²) in [7, 11) is 0. The van der Waals surface area contributed by atoms with E-state index >= 15 is 0 Å². The molecule has 1 aromatic heterocycles. The molecule has 4 heteroatoms. The van der Waals surface area contributed by atoms with Crippen LogP contribution in [0.3, 0.4) is 0 Å². The Morgan fingerprint density at radius 1 is 1.60 bits per heavy atom. The molecule has 0 aliphatic rings. The second-order valence-corrected chi connectivity index (χ2v) is 3.40. The Bertz CT molecular complexity index is 290. The van der Waals surface area contributed by atoms with E-state index in [4.69, 9.17) is 14.9 Å². The molecule has 0 fully saturated rings. The monoisotopic (exact) mass is 210 g/mol. The Kier molecular flexibility index (Phi) is 4.74. The highest BCUT2D eigenvalue weighted by molar-refractivity contribution is 5.53. The van der Waals surface area contributed by atoms with Crippen LogP contribution in [0.1, 0.15) is 32.4 Å². The van der Waals surface area contributed by atoms with Gasteiger partial charge in [-0.05, 0) is 5.92 Å². The lowest BCUT2D eigenvalue weighted by molar-refractivity contribution is 0.208. The zero-order valence-electron chi connectivity index (χ0n) is 9.27. The Morgan fingerprint density at radius 3 is 2.80 bits per heavy atom. The van der Waals surface area contributed by atoms with Gasteiger partial charge in [-0.15, -0.1) is 0 Å². The Labute approximate surface area is 90.1 Å². The van der Waals surface area contributed by atoms with E-state index < -0.39 is 0 Å². The van der Waals surface area contributed by atoms with Gasteiger partial charge in [-0.2, -0.15) is 0 Å². The number of nitrogens with two attached hydrogens (primary N) is 1. The van der Waals surface area contributed by atoms with Crippen molar-refractivity contribution < 1.29 is 9.15 Å². The summed E-state index contributed by atoms with van der Waals surface area (Å²) in [5, 5.41) is 0. The van der Waals surface area contributed by atoms with E-state index in [1.165, 1.54) is 18.9 Å². The van der Waals surface area contributed by atoms with Gasteiger partial charge in [0.05, 0.1) is 6.61 Å². The van der Waals surface area contributed by atoms with Gasteiger partial charge in [0.15, 0.2) is 12.2 Å². The summed E-state index contributed by atoms with van der Waals surface area (Å²) in [6.45, 7) is 4.97. The Balaban J connectivity index is 2.49. The van der Waals surface area contributed by atoms with Gasteiger partial charge in [0.25, 0.3) is 0 Å². The van der Waals surface area contributed by atoms with Crippen LogP contribution in [0.2, 0.25) is 0 Å². The molecule has 0 aliphatic heterocycles. The fraction of sp³-hybridized carbons (Fsp3) is 0.545. The minimum atomic E-state index is 0.562. The van der Waals surface area contributed by atoms with Crippen LogP contribution in [-0.4, -0.2) is 11.6 Å². The van der Waals surface area contributed by atoms with E-state index in [1.807, 2.05) is 0 Å². The van der Waals surface area contributed by atoms with Crippen LogP contribution >= 0.6 is 0 Å². The molecule has 0 amide bonds. The number of hydrogen-bond acceptors (Lipinski definition) is 4. The van der Waals surface area contributed by atoms with Crippen molar-refractivity contribution in [2.45, 2.75) is 26.7 Å². The summed E-state index contributed by atoms with van der Waals surface area (Å²) in [5.74, 6) is 1.14. The molecular formula is C11H18N2O2. The summed E-state index contributed by atoms with van der Waals surface area (Å²) in [6.07, 6.45) is 6.51. The summed E-state index contributed by atoms with van der Waals surface area (Å²) in [4.78, 5) is 3.98. The van der Waals surface area contributed by atoms with Crippen molar-refractivity contribution in [2.75, 3.05) is 6.61 Å². The highest BCUT2D eigenvalue weighted by Crippen LogP contribution is 2.16. The topological polar surface area (TPSA) is 61.3 Å². The molecule has 0 saturated carbocycles.